The summed E-state index contributed by atoms with van der Waals surface area (Å²) in [7, 11) is 5.74. The van der Waals surface area contributed by atoms with Crippen LogP contribution in [0.2, 0.25) is 0 Å². The van der Waals surface area contributed by atoms with E-state index < -0.39 is 0 Å². The largest absolute Gasteiger partial charge is 0.502 e. The fourth-order valence-electron chi connectivity index (χ4n) is 2.75. The molecule has 0 amide bonds. The number of benzene rings is 2. The monoisotopic (exact) mass is 358 g/mol. The highest BCUT2D eigenvalue weighted by Gasteiger charge is 2.23. The minimum Gasteiger partial charge on any atom is -0.502 e. The summed E-state index contributed by atoms with van der Waals surface area (Å²) in [5.74, 6) is 0.591. The number of phenols is 1. The van der Waals surface area contributed by atoms with Crippen molar-refractivity contribution >= 4 is 11.0 Å². The summed E-state index contributed by atoms with van der Waals surface area (Å²) < 4.78 is 26.4. The van der Waals surface area contributed by atoms with Crippen LogP contribution in [0.3, 0.4) is 0 Å². The molecule has 0 radical (unpaired) electrons. The lowest BCUT2D eigenvalue weighted by atomic mass is 10.0. The van der Waals surface area contributed by atoms with Crippen LogP contribution in [0.4, 0.5) is 0 Å². The molecule has 1 N–H and O–H groups in total. The molecule has 7 nitrogen and oxygen atoms in total. The molecule has 0 spiro atoms. The quantitative estimate of drug-likeness (QED) is 0.749. The molecule has 0 aliphatic carbocycles. The van der Waals surface area contributed by atoms with Crippen molar-refractivity contribution in [3.8, 4) is 40.1 Å². The zero-order chi connectivity index (χ0) is 18.8. The van der Waals surface area contributed by atoms with Crippen LogP contribution in [0.15, 0.2) is 39.5 Å². The lowest BCUT2D eigenvalue weighted by Gasteiger charge is -2.13. The van der Waals surface area contributed by atoms with Gasteiger partial charge >= 0.3 is 0 Å². The third kappa shape index (κ3) is 2.67. The molecule has 26 heavy (non-hydrogen) atoms. The van der Waals surface area contributed by atoms with Crippen molar-refractivity contribution in [1.29, 1.82) is 0 Å². The van der Waals surface area contributed by atoms with Crippen molar-refractivity contribution in [1.82, 2.24) is 0 Å². The number of rotatable bonds is 5. The van der Waals surface area contributed by atoms with Crippen molar-refractivity contribution in [2.24, 2.45) is 0 Å². The highest BCUT2D eigenvalue weighted by molar-refractivity contribution is 5.91. The number of aromatic hydroxyl groups is 1. The molecule has 0 aliphatic heterocycles. The maximum atomic E-state index is 13.1. The molecule has 136 valence electrons. The maximum absolute atomic E-state index is 13.1. The van der Waals surface area contributed by atoms with Gasteiger partial charge in [0.2, 0.25) is 16.9 Å². The topological polar surface area (TPSA) is 87.4 Å². The van der Waals surface area contributed by atoms with E-state index in [0.29, 0.717) is 11.3 Å². The Labute approximate surface area is 149 Å². The van der Waals surface area contributed by atoms with Gasteiger partial charge in [-0.05, 0) is 23.8 Å². The summed E-state index contributed by atoms with van der Waals surface area (Å²) in [4.78, 5) is 13.1. The molecule has 0 unspecified atom stereocenters. The summed E-state index contributed by atoms with van der Waals surface area (Å²) in [6.45, 7) is 0. The first-order valence-electron chi connectivity index (χ1n) is 7.68. The molecule has 0 fully saturated rings. The molecule has 7 heteroatoms. The van der Waals surface area contributed by atoms with E-state index in [1.54, 1.807) is 31.4 Å². The van der Waals surface area contributed by atoms with E-state index in [1.165, 1.54) is 27.4 Å². The Morgan fingerprint density at radius 3 is 2.15 bits per heavy atom. The molecule has 0 saturated carbocycles. The van der Waals surface area contributed by atoms with Crippen LogP contribution in [0.1, 0.15) is 0 Å². The van der Waals surface area contributed by atoms with Crippen molar-refractivity contribution in [3.05, 3.63) is 40.6 Å². The van der Waals surface area contributed by atoms with Crippen LogP contribution in [-0.2, 0) is 0 Å². The van der Waals surface area contributed by atoms with Crippen molar-refractivity contribution < 1.29 is 28.5 Å². The lowest BCUT2D eigenvalue weighted by molar-refractivity contribution is 0.303. The Balaban J connectivity index is 2.36. The maximum Gasteiger partial charge on any atom is 0.296 e. The highest BCUT2D eigenvalue weighted by Crippen LogP contribution is 2.44. The van der Waals surface area contributed by atoms with Crippen molar-refractivity contribution in [2.75, 3.05) is 28.4 Å². The van der Waals surface area contributed by atoms with Crippen molar-refractivity contribution in [3.63, 3.8) is 0 Å². The van der Waals surface area contributed by atoms with E-state index in [4.69, 9.17) is 23.4 Å². The average molecular weight is 358 g/mol. The highest BCUT2D eigenvalue weighted by atomic mass is 16.6. The Hall–Kier alpha value is -3.35. The summed E-state index contributed by atoms with van der Waals surface area (Å²) in [6.07, 6.45) is 0. The summed E-state index contributed by atoms with van der Waals surface area (Å²) in [6, 6.07) is 8.36. The predicted octanol–water partition coefficient (Wildman–Crippen LogP) is 3.20. The zero-order valence-corrected chi connectivity index (χ0v) is 14.8. The number of fused-ring (bicyclic) bond motifs is 1. The van der Waals surface area contributed by atoms with Gasteiger partial charge < -0.3 is 28.5 Å². The molecule has 2 aromatic carbocycles. The first-order valence-corrected chi connectivity index (χ1v) is 7.68. The zero-order valence-electron chi connectivity index (χ0n) is 14.8. The second-order valence-corrected chi connectivity index (χ2v) is 5.36. The number of hydrogen-bond acceptors (Lipinski definition) is 7. The number of phenolic OH excluding ortho intramolecular Hbond substituents is 1. The van der Waals surface area contributed by atoms with Crippen LogP contribution in [0, 0.1) is 0 Å². The molecule has 0 saturated heterocycles. The lowest BCUT2D eigenvalue weighted by Crippen LogP contribution is -2.08. The van der Waals surface area contributed by atoms with Crippen LogP contribution in [0.5, 0.6) is 28.9 Å². The first kappa shape index (κ1) is 17.5. The number of hydrogen-bond donors (Lipinski definition) is 1. The Bertz CT molecular complexity index is 1000. The smallest absolute Gasteiger partial charge is 0.296 e. The van der Waals surface area contributed by atoms with Gasteiger partial charge in [0.15, 0.2) is 11.3 Å². The molecule has 0 bridgehead atoms. The number of ether oxygens (including phenoxy) is 4. The van der Waals surface area contributed by atoms with E-state index in [9.17, 15) is 9.90 Å². The van der Waals surface area contributed by atoms with E-state index in [1.807, 2.05) is 0 Å². The van der Waals surface area contributed by atoms with Gasteiger partial charge in [0.25, 0.3) is 5.95 Å². The van der Waals surface area contributed by atoms with E-state index in [-0.39, 0.29) is 45.2 Å². The molecule has 0 atom stereocenters. The van der Waals surface area contributed by atoms with Gasteiger partial charge in [-0.3, -0.25) is 4.79 Å². The standard InChI is InChI=1S/C19H18O7/c1-22-11-7-5-10(6-8-11)14-15(20)12-9-13(23-2)18(24-3)16(21)17(12)26-19(14)25-4/h5-9,21H,1-4H3. The van der Waals surface area contributed by atoms with E-state index in [2.05, 4.69) is 0 Å². The normalized spacial score (nSPS) is 10.6. The first-order chi connectivity index (χ1) is 12.5. The average Bonchev–Trinajstić information content (AvgIpc) is 2.68. The third-order valence-electron chi connectivity index (χ3n) is 4.03. The fraction of sp³-hybridized carbons (Fsp3) is 0.211. The third-order valence-corrected chi connectivity index (χ3v) is 4.03. The van der Waals surface area contributed by atoms with Crippen LogP contribution in [0.25, 0.3) is 22.1 Å². The van der Waals surface area contributed by atoms with Crippen LogP contribution in [-0.4, -0.2) is 33.5 Å². The van der Waals surface area contributed by atoms with Gasteiger partial charge in [0.05, 0.1) is 33.8 Å². The molecule has 1 aromatic heterocycles. The summed E-state index contributed by atoms with van der Waals surface area (Å²) in [5, 5.41) is 10.6. The molecule has 3 rings (SSSR count). The number of methoxy groups -OCH3 is 4. The van der Waals surface area contributed by atoms with E-state index in [0.717, 1.165) is 0 Å². The molecular formula is C19H18O7. The minimum atomic E-state index is -0.371. The van der Waals surface area contributed by atoms with Crippen molar-refractivity contribution in [2.45, 2.75) is 0 Å². The predicted molar refractivity (Wildman–Crippen MR) is 95.8 cm³/mol. The molecule has 3 aromatic rings. The molecular weight excluding hydrogens is 340 g/mol. The Morgan fingerprint density at radius 2 is 1.62 bits per heavy atom. The van der Waals surface area contributed by atoms with Gasteiger partial charge in [-0.25, -0.2) is 0 Å². The van der Waals surface area contributed by atoms with Gasteiger partial charge in [0.1, 0.15) is 11.3 Å². The molecule has 1 heterocycles. The second-order valence-electron chi connectivity index (χ2n) is 5.36. The summed E-state index contributed by atoms with van der Waals surface area (Å²) in [5.41, 5.74) is 0.410. The van der Waals surface area contributed by atoms with Gasteiger partial charge in [0, 0.05) is 0 Å². The Morgan fingerprint density at radius 1 is 0.923 bits per heavy atom. The summed E-state index contributed by atoms with van der Waals surface area (Å²) >= 11 is 0. The fourth-order valence-corrected chi connectivity index (χ4v) is 2.75. The Kier molecular flexibility index (Phi) is 4.62. The van der Waals surface area contributed by atoms with Gasteiger partial charge in [-0.1, -0.05) is 12.1 Å². The minimum absolute atomic E-state index is 0.0183. The van der Waals surface area contributed by atoms with Gasteiger partial charge in [-0.15, -0.1) is 0 Å². The van der Waals surface area contributed by atoms with Crippen LogP contribution < -0.4 is 24.4 Å². The van der Waals surface area contributed by atoms with Crippen LogP contribution >= 0.6 is 0 Å². The van der Waals surface area contributed by atoms with E-state index >= 15 is 0 Å². The SMILES string of the molecule is COc1ccc(-c2c(OC)oc3c(O)c(OC)c(OC)cc3c2=O)cc1. The molecule has 0 aliphatic rings. The van der Waals surface area contributed by atoms with Gasteiger partial charge in [-0.2, -0.15) is 0 Å². The second kappa shape index (κ2) is 6.87.